The van der Waals surface area contributed by atoms with Crippen molar-refractivity contribution in [2.75, 3.05) is 11.6 Å². The number of benzene rings is 1. The van der Waals surface area contributed by atoms with E-state index in [-0.39, 0.29) is 6.10 Å². The standard InChI is InChI=1S/C16H16N2O/c1-13-10-12-18(15-9-5-6-11-17-15)19-16(13)14-7-3-2-4-8-14/h2-11,16H,12H2,1H3/t16-/m0/s1. The number of rotatable bonds is 2. The Labute approximate surface area is 113 Å². The normalized spacial score (nSPS) is 19.1. The van der Waals surface area contributed by atoms with Crippen molar-refractivity contribution in [2.24, 2.45) is 0 Å². The molecule has 2 aromatic rings. The number of hydrogen-bond acceptors (Lipinski definition) is 3. The van der Waals surface area contributed by atoms with Crippen LogP contribution in [-0.2, 0) is 4.84 Å². The van der Waals surface area contributed by atoms with Gasteiger partial charge in [-0.05, 0) is 30.2 Å². The molecule has 1 aliphatic heterocycles. The average Bonchev–Trinajstić information content (AvgIpc) is 2.49. The van der Waals surface area contributed by atoms with Gasteiger partial charge in [0, 0.05) is 6.20 Å². The third-order valence-electron chi connectivity index (χ3n) is 3.23. The summed E-state index contributed by atoms with van der Waals surface area (Å²) in [5, 5.41) is 1.84. The summed E-state index contributed by atoms with van der Waals surface area (Å²) in [6, 6.07) is 16.1. The molecule has 0 unspecified atom stereocenters. The zero-order valence-electron chi connectivity index (χ0n) is 10.9. The molecule has 3 rings (SSSR count). The van der Waals surface area contributed by atoms with Crippen LogP contribution in [0.1, 0.15) is 18.6 Å². The Bertz CT molecular complexity index is 566. The number of aromatic nitrogens is 1. The van der Waals surface area contributed by atoms with Gasteiger partial charge in [-0.25, -0.2) is 10.0 Å². The lowest BCUT2D eigenvalue weighted by Gasteiger charge is -2.32. The van der Waals surface area contributed by atoms with E-state index in [1.165, 1.54) is 5.57 Å². The van der Waals surface area contributed by atoms with Crippen LogP contribution in [0.3, 0.4) is 0 Å². The van der Waals surface area contributed by atoms with E-state index in [0.717, 1.165) is 17.9 Å². The van der Waals surface area contributed by atoms with E-state index in [1.807, 2.05) is 41.5 Å². The third-order valence-corrected chi connectivity index (χ3v) is 3.23. The molecule has 0 bridgehead atoms. The molecule has 3 heteroatoms. The van der Waals surface area contributed by atoms with Crippen molar-refractivity contribution in [1.29, 1.82) is 0 Å². The van der Waals surface area contributed by atoms with Crippen molar-refractivity contribution in [3.05, 3.63) is 71.9 Å². The van der Waals surface area contributed by atoms with Crippen molar-refractivity contribution in [3.8, 4) is 0 Å². The van der Waals surface area contributed by atoms with Crippen LogP contribution in [0, 0.1) is 0 Å². The summed E-state index contributed by atoms with van der Waals surface area (Å²) in [5.41, 5.74) is 2.40. The molecule has 2 heterocycles. The molecule has 0 radical (unpaired) electrons. The molecule has 19 heavy (non-hydrogen) atoms. The maximum atomic E-state index is 6.07. The highest BCUT2D eigenvalue weighted by Crippen LogP contribution is 2.31. The second kappa shape index (κ2) is 5.24. The summed E-state index contributed by atoms with van der Waals surface area (Å²) >= 11 is 0. The molecule has 0 aliphatic carbocycles. The molecule has 1 aromatic carbocycles. The van der Waals surface area contributed by atoms with Crippen molar-refractivity contribution < 1.29 is 4.84 Å². The van der Waals surface area contributed by atoms with Gasteiger partial charge in [-0.15, -0.1) is 0 Å². The summed E-state index contributed by atoms with van der Waals surface area (Å²) in [5.74, 6) is 0.840. The lowest BCUT2D eigenvalue weighted by molar-refractivity contribution is 0.0484. The van der Waals surface area contributed by atoms with Crippen LogP contribution in [0.4, 0.5) is 5.82 Å². The van der Waals surface area contributed by atoms with Crippen LogP contribution in [-0.4, -0.2) is 11.5 Å². The van der Waals surface area contributed by atoms with Gasteiger partial charge in [-0.2, -0.15) is 0 Å². The van der Waals surface area contributed by atoms with Crippen LogP contribution in [0.15, 0.2) is 66.4 Å². The monoisotopic (exact) mass is 252 g/mol. The highest BCUT2D eigenvalue weighted by molar-refractivity contribution is 5.38. The smallest absolute Gasteiger partial charge is 0.152 e. The Morgan fingerprint density at radius 3 is 2.63 bits per heavy atom. The molecule has 96 valence electrons. The van der Waals surface area contributed by atoms with Crippen LogP contribution >= 0.6 is 0 Å². The molecule has 0 amide bonds. The van der Waals surface area contributed by atoms with Crippen molar-refractivity contribution in [1.82, 2.24) is 4.98 Å². The number of hydroxylamine groups is 1. The lowest BCUT2D eigenvalue weighted by atomic mass is 10.0. The minimum Gasteiger partial charge on any atom is -0.259 e. The Morgan fingerprint density at radius 1 is 1.11 bits per heavy atom. The molecule has 1 aromatic heterocycles. The van der Waals surface area contributed by atoms with E-state index in [4.69, 9.17) is 4.84 Å². The minimum absolute atomic E-state index is 0.0306. The van der Waals surface area contributed by atoms with Crippen molar-refractivity contribution >= 4 is 5.82 Å². The van der Waals surface area contributed by atoms with Gasteiger partial charge >= 0.3 is 0 Å². The second-order valence-electron chi connectivity index (χ2n) is 4.59. The molecule has 0 spiro atoms. The Hall–Kier alpha value is -2.13. The number of anilines is 1. The molecule has 0 N–H and O–H groups in total. The molecule has 3 nitrogen and oxygen atoms in total. The molecular weight excluding hydrogens is 236 g/mol. The first kappa shape index (κ1) is 11.9. The second-order valence-corrected chi connectivity index (χ2v) is 4.59. The van der Waals surface area contributed by atoms with E-state index in [2.05, 4.69) is 30.1 Å². The first-order chi connectivity index (χ1) is 9.34. The van der Waals surface area contributed by atoms with Gasteiger partial charge in [0.15, 0.2) is 5.82 Å². The van der Waals surface area contributed by atoms with Gasteiger partial charge in [-0.1, -0.05) is 42.5 Å². The predicted molar refractivity (Wildman–Crippen MR) is 75.6 cm³/mol. The van der Waals surface area contributed by atoms with Gasteiger partial charge in [0.25, 0.3) is 0 Å². The van der Waals surface area contributed by atoms with Gasteiger partial charge in [0.2, 0.25) is 0 Å². The molecule has 0 saturated carbocycles. The molecule has 0 fully saturated rings. The molecular formula is C16H16N2O. The van der Waals surface area contributed by atoms with Gasteiger partial charge in [-0.3, -0.25) is 4.84 Å². The number of hydrogen-bond donors (Lipinski definition) is 0. The van der Waals surface area contributed by atoms with Crippen LogP contribution in [0.5, 0.6) is 0 Å². The molecule has 0 saturated heterocycles. The Kier molecular flexibility index (Phi) is 3.29. The SMILES string of the molecule is CC1=CCN(c2ccccn2)O[C@@H]1c1ccccc1. The van der Waals surface area contributed by atoms with E-state index in [9.17, 15) is 0 Å². The Morgan fingerprint density at radius 2 is 1.89 bits per heavy atom. The van der Waals surface area contributed by atoms with E-state index in [0.29, 0.717) is 0 Å². The quantitative estimate of drug-likeness (QED) is 0.765. The predicted octanol–water partition coefficient (Wildman–Crippen LogP) is 3.52. The first-order valence-corrected chi connectivity index (χ1v) is 6.41. The van der Waals surface area contributed by atoms with Crippen LogP contribution in [0.25, 0.3) is 0 Å². The largest absolute Gasteiger partial charge is 0.259 e. The summed E-state index contributed by atoms with van der Waals surface area (Å²) in [4.78, 5) is 10.4. The molecule has 1 aliphatic rings. The van der Waals surface area contributed by atoms with Crippen molar-refractivity contribution in [3.63, 3.8) is 0 Å². The zero-order chi connectivity index (χ0) is 13.1. The topological polar surface area (TPSA) is 25.4 Å². The fourth-order valence-corrected chi connectivity index (χ4v) is 2.19. The van der Waals surface area contributed by atoms with Crippen molar-refractivity contribution in [2.45, 2.75) is 13.0 Å². The lowest BCUT2D eigenvalue weighted by Crippen LogP contribution is -2.31. The third kappa shape index (κ3) is 2.51. The van der Waals surface area contributed by atoms with Crippen LogP contribution < -0.4 is 5.06 Å². The highest BCUT2D eigenvalue weighted by Gasteiger charge is 2.23. The average molecular weight is 252 g/mol. The van der Waals surface area contributed by atoms with Gasteiger partial charge in [0.05, 0.1) is 6.54 Å². The number of nitrogens with zero attached hydrogens (tertiary/aromatic N) is 2. The zero-order valence-corrected chi connectivity index (χ0v) is 10.9. The summed E-state index contributed by atoms with van der Waals surface area (Å²) in [7, 11) is 0. The minimum atomic E-state index is -0.0306. The summed E-state index contributed by atoms with van der Waals surface area (Å²) in [6.45, 7) is 2.83. The number of pyridine rings is 1. The Balaban J connectivity index is 1.87. The van der Waals surface area contributed by atoms with Crippen LogP contribution in [0.2, 0.25) is 0 Å². The van der Waals surface area contributed by atoms with Gasteiger partial charge in [0.1, 0.15) is 6.10 Å². The van der Waals surface area contributed by atoms with E-state index in [1.54, 1.807) is 6.20 Å². The maximum absolute atomic E-state index is 6.07. The maximum Gasteiger partial charge on any atom is 0.152 e. The van der Waals surface area contributed by atoms with Gasteiger partial charge < -0.3 is 0 Å². The summed E-state index contributed by atoms with van der Waals surface area (Å²) in [6.07, 6.45) is 3.94. The van der Waals surface area contributed by atoms with E-state index < -0.39 is 0 Å². The fourth-order valence-electron chi connectivity index (χ4n) is 2.19. The highest BCUT2D eigenvalue weighted by atomic mass is 16.7. The van der Waals surface area contributed by atoms with E-state index >= 15 is 0 Å². The first-order valence-electron chi connectivity index (χ1n) is 6.41. The fraction of sp³-hybridized carbons (Fsp3) is 0.188. The summed E-state index contributed by atoms with van der Waals surface area (Å²) < 4.78 is 0. The molecule has 1 atom stereocenters.